The molecule has 8 bridgehead atoms. The van der Waals surface area contributed by atoms with Gasteiger partial charge in [-0.2, -0.15) is 0 Å². The summed E-state index contributed by atoms with van der Waals surface area (Å²) in [6.45, 7) is 10.2. The Balaban J connectivity index is 1.09. The average Bonchev–Trinajstić information content (AvgIpc) is 2.91. The zero-order chi connectivity index (χ0) is 24.4. The first-order valence-electron chi connectivity index (χ1n) is 16.6. The maximum absolute atomic E-state index is 3.93. The molecule has 4 saturated heterocycles. The van der Waals surface area contributed by atoms with Gasteiger partial charge < -0.3 is 21.3 Å². The minimum atomic E-state index is 0.923. The zero-order valence-electron chi connectivity index (χ0n) is 23.6. The molecule has 4 N–H and O–H groups in total. The van der Waals surface area contributed by atoms with Crippen LogP contribution in [0.1, 0.15) is 103 Å². The second-order valence-electron chi connectivity index (χ2n) is 14.2. The van der Waals surface area contributed by atoms with Crippen LogP contribution in [0, 0.1) is 47.3 Å². The van der Waals surface area contributed by atoms with Gasteiger partial charge >= 0.3 is 0 Å². The first-order valence-corrected chi connectivity index (χ1v) is 16.6. The van der Waals surface area contributed by atoms with Crippen LogP contribution < -0.4 is 21.3 Å². The van der Waals surface area contributed by atoms with Crippen LogP contribution in [-0.2, 0) is 0 Å². The van der Waals surface area contributed by atoms with Gasteiger partial charge in [-0.15, -0.1) is 0 Å². The van der Waals surface area contributed by atoms with E-state index in [1.54, 1.807) is 0 Å². The predicted octanol–water partition coefficient (Wildman–Crippen LogP) is 5.58. The molecule has 8 aliphatic rings. The molecule has 4 aliphatic carbocycles. The van der Waals surface area contributed by atoms with Crippen LogP contribution in [0.4, 0.5) is 0 Å². The van der Waals surface area contributed by atoms with E-state index in [1.165, 1.54) is 155 Å². The van der Waals surface area contributed by atoms with Gasteiger partial charge in [-0.05, 0) is 190 Å². The third-order valence-electron chi connectivity index (χ3n) is 11.2. The van der Waals surface area contributed by atoms with Gasteiger partial charge in [0.1, 0.15) is 0 Å². The minimum absolute atomic E-state index is 0.923. The van der Waals surface area contributed by atoms with Crippen LogP contribution in [0.2, 0.25) is 0 Å². The molecule has 0 aromatic rings. The van der Waals surface area contributed by atoms with Crippen molar-refractivity contribution in [3.63, 3.8) is 0 Å². The maximum Gasteiger partial charge on any atom is -0.00203 e. The Kier molecular flexibility index (Phi) is 11.3. The van der Waals surface area contributed by atoms with Crippen LogP contribution in [0.25, 0.3) is 0 Å². The summed E-state index contributed by atoms with van der Waals surface area (Å²) < 4.78 is 0. The fourth-order valence-corrected chi connectivity index (χ4v) is 8.79. The molecule has 4 heteroatoms. The molecule has 0 spiro atoms. The third kappa shape index (κ3) is 8.95. The summed E-state index contributed by atoms with van der Waals surface area (Å²) in [6.07, 6.45) is 23.3. The first-order chi connectivity index (χ1) is 17.8. The number of nitrogens with one attached hydrogen (secondary N) is 4. The smallest absolute Gasteiger partial charge is 0.00203 e. The SMILES string of the molecule is C1CC2CNCC3CCC(CC3)CNCC3CCCC(CNCC4CCC(CC4)CNCC(C1)C2)C3. The average molecular weight is 501 g/mol. The summed E-state index contributed by atoms with van der Waals surface area (Å²) in [5, 5.41) is 15.7. The molecule has 4 nitrogen and oxygen atoms in total. The van der Waals surface area contributed by atoms with E-state index in [-0.39, 0.29) is 0 Å². The van der Waals surface area contributed by atoms with E-state index in [4.69, 9.17) is 0 Å². The van der Waals surface area contributed by atoms with Gasteiger partial charge in [0, 0.05) is 0 Å². The first kappa shape index (κ1) is 27.4. The molecule has 0 amide bonds. The monoisotopic (exact) mass is 500 g/mol. The van der Waals surface area contributed by atoms with E-state index in [2.05, 4.69) is 21.3 Å². The van der Waals surface area contributed by atoms with Crippen LogP contribution >= 0.6 is 0 Å². The highest BCUT2D eigenvalue weighted by atomic mass is 14.9. The lowest BCUT2D eigenvalue weighted by molar-refractivity contribution is 0.213. The molecule has 8 fully saturated rings. The molecule has 4 aliphatic heterocycles. The molecule has 0 aromatic heterocycles. The largest absolute Gasteiger partial charge is 0.316 e. The summed E-state index contributed by atoms with van der Waals surface area (Å²) in [7, 11) is 0. The molecular weight excluding hydrogens is 440 g/mol. The molecule has 4 heterocycles. The highest BCUT2D eigenvalue weighted by Crippen LogP contribution is 2.32. The Hall–Kier alpha value is -0.160. The van der Waals surface area contributed by atoms with Gasteiger partial charge in [0.15, 0.2) is 0 Å². The van der Waals surface area contributed by atoms with Crippen molar-refractivity contribution in [2.45, 2.75) is 103 Å². The maximum atomic E-state index is 3.93. The summed E-state index contributed by atoms with van der Waals surface area (Å²) in [6, 6.07) is 0. The standard InChI is InChI=1S/C32H60N4/c1-3-29-15-30(4-1)22-34-18-26-9-13-28(14-10-26)20-36-24-32-6-2-5-31(16-32)23-35-19-27-11-7-25(8-12-27)17-33-21-29/h25-36H,1-24H2. The lowest BCUT2D eigenvalue weighted by atomic mass is 9.79. The Labute approximate surface area is 223 Å². The second kappa shape index (κ2) is 14.8. The molecule has 0 aromatic carbocycles. The quantitative estimate of drug-likeness (QED) is 0.350. The van der Waals surface area contributed by atoms with Crippen molar-refractivity contribution in [1.82, 2.24) is 21.3 Å². The van der Waals surface area contributed by atoms with Crippen molar-refractivity contribution < 1.29 is 0 Å². The fourth-order valence-electron chi connectivity index (χ4n) is 8.79. The van der Waals surface area contributed by atoms with Crippen molar-refractivity contribution in [3.05, 3.63) is 0 Å². The predicted molar refractivity (Wildman–Crippen MR) is 153 cm³/mol. The summed E-state index contributed by atoms with van der Waals surface area (Å²) >= 11 is 0. The van der Waals surface area contributed by atoms with Gasteiger partial charge in [0.05, 0.1) is 0 Å². The van der Waals surface area contributed by atoms with Crippen molar-refractivity contribution in [3.8, 4) is 0 Å². The molecule has 4 saturated carbocycles. The van der Waals surface area contributed by atoms with E-state index < -0.39 is 0 Å². The Morgan fingerprint density at radius 2 is 0.472 bits per heavy atom. The van der Waals surface area contributed by atoms with Crippen LogP contribution in [0.5, 0.6) is 0 Å². The Morgan fingerprint density at radius 1 is 0.250 bits per heavy atom. The highest BCUT2D eigenvalue weighted by molar-refractivity contribution is 4.82. The van der Waals surface area contributed by atoms with Crippen molar-refractivity contribution in [2.75, 3.05) is 52.4 Å². The molecule has 4 unspecified atom stereocenters. The van der Waals surface area contributed by atoms with Crippen LogP contribution in [-0.4, -0.2) is 52.4 Å². The van der Waals surface area contributed by atoms with Crippen molar-refractivity contribution >= 4 is 0 Å². The topological polar surface area (TPSA) is 48.1 Å². The van der Waals surface area contributed by atoms with Crippen LogP contribution in [0.15, 0.2) is 0 Å². The molecule has 8 rings (SSSR count). The van der Waals surface area contributed by atoms with Gasteiger partial charge in [-0.1, -0.05) is 12.8 Å². The van der Waals surface area contributed by atoms with E-state index in [9.17, 15) is 0 Å². The Bertz CT molecular complexity index is 495. The highest BCUT2D eigenvalue weighted by Gasteiger charge is 2.27. The second-order valence-corrected chi connectivity index (χ2v) is 14.2. The van der Waals surface area contributed by atoms with Gasteiger partial charge in [-0.3, -0.25) is 0 Å². The lowest BCUT2D eigenvalue weighted by Crippen LogP contribution is -2.37. The van der Waals surface area contributed by atoms with E-state index in [1.807, 2.05) is 0 Å². The minimum Gasteiger partial charge on any atom is -0.316 e. The third-order valence-corrected chi connectivity index (χ3v) is 11.2. The molecule has 208 valence electrons. The van der Waals surface area contributed by atoms with E-state index in [0.29, 0.717) is 0 Å². The molecule has 36 heavy (non-hydrogen) atoms. The molecule has 4 atom stereocenters. The van der Waals surface area contributed by atoms with Gasteiger partial charge in [0.2, 0.25) is 0 Å². The number of rotatable bonds is 0. The Morgan fingerprint density at radius 3 is 0.722 bits per heavy atom. The summed E-state index contributed by atoms with van der Waals surface area (Å²) in [5.41, 5.74) is 0. The normalized spacial score (nSPS) is 42.7. The summed E-state index contributed by atoms with van der Waals surface area (Å²) in [5.74, 6) is 7.42. The molecular formula is C32H60N4. The number of hydrogen-bond acceptors (Lipinski definition) is 4. The summed E-state index contributed by atoms with van der Waals surface area (Å²) in [4.78, 5) is 0. The van der Waals surface area contributed by atoms with Gasteiger partial charge in [-0.25, -0.2) is 0 Å². The number of hydrogen-bond donors (Lipinski definition) is 4. The fraction of sp³-hybridized carbons (Fsp3) is 1.00. The van der Waals surface area contributed by atoms with E-state index in [0.717, 1.165) is 47.3 Å². The van der Waals surface area contributed by atoms with Gasteiger partial charge in [0.25, 0.3) is 0 Å². The van der Waals surface area contributed by atoms with Crippen LogP contribution in [0.3, 0.4) is 0 Å². The zero-order valence-corrected chi connectivity index (χ0v) is 23.6. The molecule has 0 radical (unpaired) electrons. The van der Waals surface area contributed by atoms with Crippen molar-refractivity contribution in [1.29, 1.82) is 0 Å². The van der Waals surface area contributed by atoms with Crippen molar-refractivity contribution in [2.24, 2.45) is 47.3 Å². The van der Waals surface area contributed by atoms with E-state index >= 15 is 0 Å². The lowest BCUT2D eigenvalue weighted by Gasteiger charge is -2.34.